The van der Waals surface area contributed by atoms with E-state index in [-0.39, 0.29) is 33.5 Å². The Morgan fingerprint density at radius 3 is 1.64 bits per heavy atom. The van der Waals surface area contributed by atoms with Gasteiger partial charge in [0.15, 0.2) is 0 Å². The van der Waals surface area contributed by atoms with E-state index in [0.29, 0.717) is 11.8 Å². The normalized spacial score (nSPS) is 32.5. The third kappa shape index (κ3) is 5.40. The van der Waals surface area contributed by atoms with Gasteiger partial charge in [-0.1, -0.05) is 90.1 Å². The van der Waals surface area contributed by atoms with Gasteiger partial charge in [-0.05, 0) is 118 Å². The number of hydrogen-bond donors (Lipinski definition) is 2. The number of allylic oxidation sites excluding steroid dienone is 2. The van der Waals surface area contributed by atoms with Gasteiger partial charge in [0.25, 0.3) is 0 Å². The van der Waals surface area contributed by atoms with Gasteiger partial charge < -0.3 is 14.9 Å². The zero-order valence-corrected chi connectivity index (χ0v) is 28.8. The minimum Gasteiger partial charge on any atom is -0.478 e. The standard InChI is InChI=1S/C42H50O5/c1-39(2)30-19-22-41(39,5)33(25-30)37(32-14-10-9-13-29(32)16-18-36(45)46)38(34-26-31-20-23-42(34,6)40(31,3)4)47-24-21-28-12-8-7-11-27(28)15-17-35(43)44/h7-18,21,24,30-31,33-34H,19-20,22-23,25-26H2,1-6H3,(H,43,44)(H,45,46). The summed E-state index contributed by atoms with van der Waals surface area (Å²) in [7, 11) is 0. The molecule has 4 aliphatic carbocycles. The largest absolute Gasteiger partial charge is 0.478 e. The maximum atomic E-state index is 11.7. The highest BCUT2D eigenvalue weighted by molar-refractivity contribution is 5.88. The molecule has 0 spiro atoms. The molecule has 5 nitrogen and oxygen atoms in total. The number of aliphatic carboxylic acids is 2. The molecular formula is C42H50O5. The van der Waals surface area contributed by atoms with E-state index >= 15 is 0 Å². The summed E-state index contributed by atoms with van der Waals surface area (Å²) in [6.45, 7) is 14.7. The number of rotatable bonds is 10. The molecule has 4 fully saturated rings. The summed E-state index contributed by atoms with van der Waals surface area (Å²) in [6, 6.07) is 16.0. The Morgan fingerprint density at radius 1 is 0.681 bits per heavy atom. The Bertz CT molecular complexity index is 1690. The van der Waals surface area contributed by atoms with E-state index in [1.165, 1.54) is 24.5 Å². The minimum absolute atomic E-state index is 0.0497. The fourth-order valence-electron chi connectivity index (χ4n) is 10.3. The number of carbonyl (C=O) groups is 2. The first-order valence-electron chi connectivity index (χ1n) is 17.3. The fourth-order valence-corrected chi connectivity index (χ4v) is 10.3. The zero-order chi connectivity index (χ0) is 33.8. The van der Waals surface area contributed by atoms with Crippen molar-refractivity contribution < 1.29 is 24.5 Å². The van der Waals surface area contributed by atoms with Crippen LogP contribution >= 0.6 is 0 Å². The molecule has 2 aromatic carbocycles. The number of hydrogen-bond acceptors (Lipinski definition) is 3. The van der Waals surface area contributed by atoms with Crippen LogP contribution in [0.3, 0.4) is 0 Å². The number of fused-ring (bicyclic) bond motifs is 4. The third-order valence-corrected chi connectivity index (χ3v) is 14.0. The molecule has 0 aliphatic heterocycles. The lowest BCUT2D eigenvalue weighted by Crippen LogP contribution is -2.36. The highest BCUT2D eigenvalue weighted by Gasteiger charge is 2.65. The van der Waals surface area contributed by atoms with Crippen LogP contribution in [-0.4, -0.2) is 22.2 Å². The first-order chi connectivity index (χ1) is 22.2. The van der Waals surface area contributed by atoms with Gasteiger partial charge in [-0.3, -0.25) is 0 Å². The summed E-state index contributed by atoms with van der Waals surface area (Å²) in [5.41, 5.74) is 5.34. The van der Waals surface area contributed by atoms with E-state index in [1.54, 1.807) is 12.2 Å². The predicted octanol–water partition coefficient (Wildman–Crippen LogP) is 10.2. The summed E-state index contributed by atoms with van der Waals surface area (Å²) in [5.74, 6) is 0.776. The predicted molar refractivity (Wildman–Crippen MR) is 189 cm³/mol. The van der Waals surface area contributed by atoms with Crippen molar-refractivity contribution in [1.29, 1.82) is 0 Å². The van der Waals surface area contributed by atoms with Crippen LogP contribution in [0.5, 0.6) is 0 Å². The van der Waals surface area contributed by atoms with Gasteiger partial charge in [0.2, 0.25) is 0 Å². The maximum absolute atomic E-state index is 11.7. The third-order valence-electron chi connectivity index (χ3n) is 14.0. The molecule has 4 saturated carbocycles. The summed E-state index contributed by atoms with van der Waals surface area (Å²) in [4.78, 5) is 23.0. The van der Waals surface area contributed by atoms with Crippen LogP contribution in [0.2, 0.25) is 0 Å². The number of benzene rings is 2. The van der Waals surface area contributed by atoms with Crippen LogP contribution in [-0.2, 0) is 14.3 Å². The molecule has 0 heterocycles. The van der Waals surface area contributed by atoms with Crippen LogP contribution < -0.4 is 0 Å². The molecule has 2 aromatic rings. The first-order valence-corrected chi connectivity index (χ1v) is 17.3. The Morgan fingerprint density at radius 2 is 1.15 bits per heavy atom. The lowest BCUT2D eigenvalue weighted by atomic mass is 9.61. The monoisotopic (exact) mass is 634 g/mol. The molecule has 5 heteroatoms. The molecular weight excluding hydrogens is 584 g/mol. The quantitative estimate of drug-likeness (QED) is 0.201. The Kier molecular flexibility index (Phi) is 8.43. The van der Waals surface area contributed by atoms with E-state index < -0.39 is 11.9 Å². The van der Waals surface area contributed by atoms with E-state index in [4.69, 9.17) is 4.74 Å². The second-order valence-corrected chi connectivity index (χ2v) is 16.1. The lowest BCUT2D eigenvalue weighted by Gasteiger charge is -2.44. The van der Waals surface area contributed by atoms with Crippen molar-refractivity contribution in [1.82, 2.24) is 0 Å². The number of carboxylic acids is 2. The molecule has 6 rings (SSSR count). The zero-order valence-electron chi connectivity index (χ0n) is 28.8. The average molecular weight is 635 g/mol. The number of ether oxygens (including phenoxy) is 1. The molecule has 4 aliphatic rings. The molecule has 0 amide bonds. The highest BCUT2D eigenvalue weighted by atomic mass is 16.5. The van der Waals surface area contributed by atoms with Crippen LogP contribution in [0, 0.1) is 45.3 Å². The van der Waals surface area contributed by atoms with Gasteiger partial charge >= 0.3 is 11.9 Å². The fraction of sp³-hybridized carbons (Fsp3) is 0.476. The lowest BCUT2D eigenvalue weighted by molar-refractivity contribution is -0.132. The van der Waals surface area contributed by atoms with Gasteiger partial charge in [-0.2, -0.15) is 0 Å². The van der Waals surface area contributed by atoms with Gasteiger partial charge in [0, 0.05) is 23.6 Å². The summed E-state index contributed by atoms with van der Waals surface area (Å²) >= 11 is 0. The Labute approximate surface area is 280 Å². The molecule has 0 aromatic heterocycles. The molecule has 6 unspecified atom stereocenters. The second-order valence-electron chi connectivity index (χ2n) is 16.1. The van der Waals surface area contributed by atoms with Crippen molar-refractivity contribution in [2.45, 2.75) is 80.1 Å². The van der Waals surface area contributed by atoms with Crippen LogP contribution in [0.15, 0.2) is 72.7 Å². The summed E-state index contributed by atoms with van der Waals surface area (Å²) < 4.78 is 7.07. The van der Waals surface area contributed by atoms with E-state index in [0.717, 1.165) is 59.8 Å². The molecule has 6 atom stereocenters. The molecule has 0 radical (unpaired) electrons. The summed E-state index contributed by atoms with van der Waals surface area (Å²) in [6.07, 6.45) is 16.5. The van der Waals surface area contributed by atoms with Crippen molar-refractivity contribution in [3.63, 3.8) is 0 Å². The summed E-state index contributed by atoms with van der Waals surface area (Å²) in [5, 5.41) is 18.8. The van der Waals surface area contributed by atoms with Crippen LogP contribution in [0.4, 0.5) is 0 Å². The second kappa shape index (κ2) is 12.0. The minimum atomic E-state index is -0.986. The van der Waals surface area contributed by atoms with E-state index in [1.807, 2.05) is 48.7 Å². The van der Waals surface area contributed by atoms with Crippen molar-refractivity contribution in [2.75, 3.05) is 0 Å². The van der Waals surface area contributed by atoms with E-state index in [9.17, 15) is 19.8 Å². The van der Waals surface area contributed by atoms with Gasteiger partial charge in [-0.15, -0.1) is 0 Å². The van der Waals surface area contributed by atoms with Crippen molar-refractivity contribution >= 4 is 35.7 Å². The Balaban J connectivity index is 1.57. The number of carboxylic acid groups (broad SMARTS) is 2. The average Bonchev–Trinajstić information content (AvgIpc) is 3.55. The smallest absolute Gasteiger partial charge is 0.328 e. The van der Waals surface area contributed by atoms with Crippen molar-refractivity contribution in [3.8, 4) is 0 Å². The molecule has 4 bridgehead atoms. The first kappa shape index (κ1) is 33.1. The highest BCUT2D eigenvalue weighted by Crippen LogP contribution is 2.73. The van der Waals surface area contributed by atoms with E-state index in [2.05, 4.69) is 53.7 Å². The topological polar surface area (TPSA) is 83.8 Å². The van der Waals surface area contributed by atoms with Gasteiger partial charge in [0.1, 0.15) is 5.76 Å². The Hall–Kier alpha value is -3.86. The molecule has 0 saturated heterocycles. The van der Waals surface area contributed by atoms with Crippen LogP contribution in [0.1, 0.15) is 102 Å². The SMILES string of the molecule is CC1(C)C2CCC1(C)C(C(OC=Cc1ccccc1C=CC(=O)O)=C(c1ccccc1C=CC(=O)O)C1CC3CCC1(C)C3(C)C)C2. The molecule has 47 heavy (non-hydrogen) atoms. The molecule has 248 valence electrons. The van der Waals surface area contributed by atoms with Crippen molar-refractivity contribution in [3.05, 3.63) is 95.0 Å². The van der Waals surface area contributed by atoms with Gasteiger partial charge in [-0.25, -0.2) is 9.59 Å². The van der Waals surface area contributed by atoms with Crippen molar-refractivity contribution in [2.24, 2.45) is 45.3 Å². The van der Waals surface area contributed by atoms with Gasteiger partial charge in [0.05, 0.1) is 6.26 Å². The molecule has 2 N–H and O–H groups in total. The van der Waals surface area contributed by atoms with Crippen LogP contribution in [0.25, 0.3) is 23.8 Å². The maximum Gasteiger partial charge on any atom is 0.328 e.